The average Bonchev–Trinajstić information content (AvgIpc) is 2.61. The Labute approximate surface area is 85.1 Å². The summed E-state index contributed by atoms with van der Waals surface area (Å²) in [4.78, 5) is 22.0. The highest BCUT2D eigenvalue weighted by molar-refractivity contribution is 7.12. The number of thiophene rings is 1. The van der Waals surface area contributed by atoms with E-state index >= 15 is 0 Å². The van der Waals surface area contributed by atoms with Crippen molar-refractivity contribution in [2.75, 3.05) is 7.11 Å². The third-order valence-electron chi connectivity index (χ3n) is 1.73. The van der Waals surface area contributed by atoms with Crippen LogP contribution >= 0.6 is 11.3 Å². The van der Waals surface area contributed by atoms with E-state index in [-0.39, 0.29) is 6.42 Å². The van der Waals surface area contributed by atoms with Gasteiger partial charge in [0.25, 0.3) is 0 Å². The van der Waals surface area contributed by atoms with Gasteiger partial charge < -0.3 is 9.84 Å². The van der Waals surface area contributed by atoms with Crippen molar-refractivity contribution in [1.29, 1.82) is 0 Å². The van der Waals surface area contributed by atoms with Crippen LogP contribution in [0.25, 0.3) is 0 Å². The molecule has 0 saturated carbocycles. The van der Waals surface area contributed by atoms with Crippen LogP contribution in [0.1, 0.15) is 21.7 Å². The highest BCUT2D eigenvalue weighted by Crippen LogP contribution is 2.19. The van der Waals surface area contributed by atoms with E-state index in [1.54, 1.807) is 11.4 Å². The first kappa shape index (κ1) is 10.7. The lowest BCUT2D eigenvalue weighted by Crippen LogP contribution is -2.04. The van der Waals surface area contributed by atoms with Crippen LogP contribution in [0.4, 0.5) is 0 Å². The van der Waals surface area contributed by atoms with Crippen molar-refractivity contribution in [1.82, 2.24) is 0 Å². The number of aryl methyl sites for hydroxylation is 1. The Morgan fingerprint density at radius 3 is 2.86 bits per heavy atom. The van der Waals surface area contributed by atoms with Gasteiger partial charge in [-0.05, 0) is 23.4 Å². The third kappa shape index (κ3) is 2.56. The third-order valence-corrected chi connectivity index (χ3v) is 2.66. The summed E-state index contributed by atoms with van der Waals surface area (Å²) in [6.45, 7) is 0. The number of rotatable bonds is 4. The van der Waals surface area contributed by atoms with Crippen molar-refractivity contribution in [3.05, 3.63) is 21.9 Å². The van der Waals surface area contributed by atoms with Crippen molar-refractivity contribution >= 4 is 23.3 Å². The van der Waals surface area contributed by atoms with Crippen LogP contribution in [0, 0.1) is 0 Å². The van der Waals surface area contributed by atoms with Crippen LogP contribution in [0.5, 0.6) is 0 Å². The zero-order valence-corrected chi connectivity index (χ0v) is 8.47. The largest absolute Gasteiger partial charge is 0.481 e. The van der Waals surface area contributed by atoms with Gasteiger partial charge in [-0.3, -0.25) is 4.79 Å². The highest BCUT2D eigenvalue weighted by atomic mass is 32.1. The molecule has 1 aromatic rings. The quantitative estimate of drug-likeness (QED) is 0.772. The molecule has 5 heteroatoms. The number of esters is 1. The van der Waals surface area contributed by atoms with Crippen LogP contribution in [0.2, 0.25) is 0 Å². The van der Waals surface area contributed by atoms with E-state index in [1.165, 1.54) is 18.4 Å². The Kier molecular flexibility index (Phi) is 3.64. The maximum atomic E-state index is 11.2. The second-order valence-electron chi connectivity index (χ2n) is 2.66. The number of hydrogen-bond acceptors (Lipinski definition) is 4. The molecule has 0 aliphatic heterocycles. The van der Waals surface area contributed by atoms with Crippen molar-refractivity contribution in [2.24, 2.45) is 0 Å². The van der Waals surface area contributed by atoms with Gasteiger partial charge in [-0.1, -0.05) is 0 Å². The number of aliphatic carboxylic acids is 1. The van der Waals surface area contributed by atoms with Crippen LogP contribution < -0.4 is 0 Å². The SMILES string of the molecule is COC(=O)c1sccc1CCC(=O)O. The Morgan fingerprint density at radius 1 is 1.57 bits per heavy atom. The van der Waals surface area contributed by atoms with Crippen molar-refractivity contribution < 1.29 is 19.4 Å². The summed E-state index contributed by atoms with van der Waals surface area (Å²) in [5.74, 6) is -1.27. The van der Waals surface area contributed by atoms with Gasteiger partial charge in [0.05, 0.1) is 7.11 Å². The summed E-state index contributed by atoms with van der Waals surface area (Å²) >= 11 is 1.27. The lowest BCUT2D eigenvalue weighted by molar-refractivity contribution is -0.136. The monoisotopic (exact) mass is 214 g/mol. The molecule has 1 heterocycles. The predicted molar refractivity (Wildman–Crippen MR) is 51.6 cm³/mol. The van der Waals surface area contributed by atoms with Crippen molar-refractivity contribution in [3.63, 3.8) is 0 Å². The van der Waals surface area contributed by atoms with Gasteiger partial charge in [-0.2, -0.15) is 0 Å². The molecule has 1 rings (SSSR count). The predicted octanol–water partition coefficient (Wildman–Crippen LogP) is 1.55. The number of carbonyl (C=O) groups excluding carboxylic acids is 1. The van der Waals surface area contributed by atoms with Gasteiger partial charge >= 0.3 is 11.9 Å². The van der Waals surface area contributed by atoms with E-state index in [0.29, 0.717) is 11.3 Å². The Morgan fingerprint density at radius 2 is 2.29 bits per heavy atom. The van der Waals surface area contributed by atoms with Gasteiger partial charge in [0.2, 0.25) is 0 Å². The first-order chi connectivity index (χ1) is 6.65. The summed E-state index contributed by atoms with van der Waals surface area (Å²) in [6.07, 6.45) is 0.393. The topological polar surface area (TPSA) is 63.6 Å². The summed E-state index contributed by atoms with van der Waals surface area (Å²) < 4.78 is 4.57. The normalized spacial score (nSPS) is 9.79. The Bertz CT molecular complexity index is 342. The smallest absolute Gasteiger partial charge is 0.348 e. The van der Waals surface area contributed by atoms with Gasteiger partial charge in [0.1, 0.15) is 4.88 Å². The molecule has 0 aliphatic carbocycles. The first-order valence-corrected chi connectivity index (χ1v) is 4.89. The molecular weight excluding hydrogens is 204 g/mol. The molecule has 1 aromatic heterocycles. The Hall–Kier alpha value is -1.36. The van der Waals surface area contributed by atoms with E-state index in [0.717, 1.165) is 5.56 Å². The van der Waals surface area contributed by atoms with Crippen molar-refractivity contribution in [3.8, 4) is 0 Å². The van der Waals surface area contributed by atoms with E-state index in [4.69, 9.17) is 5.11 Å². The molecule has 0 amide bonds. The van der Waals surface area contributed by atoms with Crippen LogP contribution in [0.15, 0.2) is 11.4 Å². The molecule has 0 saturated heterocycles. The molecule has 0 aliphatic rings. The molecule has 0 unspecified atom stereocenters. The molecule has 4 nitrogen and oxygen atoms in total. The molecule has 0 bridgehead atoms. The lowest BCUT2D eigenvalue weighted by atomic mass is 10.1. The lowest BCUT2D eigenvalue weighted by Gasteiger charge is -1.99. The summed E-state index contributed by atoms with van der Waals surface area (Å²) in [5.41, 5.74) is 0.740. The highest BCUT2D eigenvalue weighted by Gasteiger charge is 2.13. The van der Waals surface area contributed by atoms with Crippen LogP contribution in [0.3, 0.4) is 0 Å². The zero-order valence-electron chi connectivity index (χ0n) is 7.65. The fourth-order valence-electron chi connectivity index (χ4n) is 1.05. The minimum absolute atomic E-state index is 0.0285. The maximum absolute atomic E-state index is 11.2. The van der Waals surface area contributed by atoms with Gasteiger partial charge in [-0.15, -0.1) is 11.3 Å². The minimum Gasteiger partial charge on any atom is -0.481 e. The van der Waals surface area contributed by atoms with E-state index in [9.17, 15) is 9.59 Å². The molecule has 0 atom stereocenters. The number of hydrogen-bond donors (Lipinski definition) is 1. The Balaban J connectivity index is 2.72. The number of carbonyl (C=O) groups is 2. The molecule has 0 spiro atoms. The molecule has 1 N–H and O–H groups in total. The minimum atomic E-state index is -0.869. The summed E-state index contributed by atoms with van der Waals surface area (Å²) in [7, 11) is 1.31. The fourth-order valence-corrected chi connectivity index (χ4v) is 1.92. The molecule has 0 fully saturated rings. The van der Waals surface area contributed by atoms with Crippen LogP contribution in [-0.2, 0) is 16.0 Å². The average molecular weight is 214 g/mol. The second kappa shape index (κ2) is 4.76. The summed E-state index contributed by atoms with van der Waals surface area (Å²) in [6, 6.07) is 1.75. The second-order valence-corrected chi connectivity index (χ2v) is 3.58. The van der Waals surface area contributed by atoms with Gasteiger partial charge in [0, 0.05) is 6.42 Å². The molecule has 0 radical (unpaired) electrons. The zero-order chi connectivity index (χ0) is 10.6. The molecule has 76 valence electrons. The molecule has 0 aromatic carbocycles. The number of methoxy groups -OCH3 is 1. The number of carboxylic acid groups (broad SMARTS) is 1. The van der Waals surface area contributed by atoms with E-state index in [1.807, 2.05) is 0 Å². The summed E-state index contributed by atoms with van der Waals surface area (Å²) in [5, 5.41) is 10.2. The van der Waals surface area contributed by atoms with E-state index in [2.05, 4.69) is 4.74 Å². The molecular formula is C9H10O4S. The number of carboxylic acids is 1. The fraction of sp³-hybridized carbons (Fsp3) is 0.333. The first-order valence-electron chi connectivity index (χ1n) is 4.01. The number of ether oxygens (including phenoxy) is 1. The van der Waals surface area contributed by atoms with Crippen molar-refractivity contribution in [2.45, 2.75) is 12.8 Å². The standard InChI is InChI=1S/C9H10O4S/c1-13-9(12)8-6(4-5-14-8)2-3-7(10)11/h4-5H,2-3H2,1H3,(H,10,11). The molecule has 14 heavy (non-hydrogen) atoms. The van der Waals surface area contributed by atoms with Gasteiger partial charge in [0.15, 0.2) is 0 Å². The maximum Gasteiger partial charge on any atom is 0.348 e. The van der Waals surface area contributed by atoms with Gasteiger partial charge in [-0.25, -0.2) is 4.79 Å². The van der Waals surface area contributed by atoms with Crippen LogP contribution in [-0.4, -0.2) is 24.2 Å². The van der Waals surface area contributed by atoms with E-state index < -0.39 is 11.9 Å².